The van der Waals surface area contributed by atoms with Gasteiger partial charge in [-0.1, -0.05) is 25.8 Å². The van der Waals surface area contributed by atoms with Gasteiger partial charge in [-0.25, -0.2) is 0 Å². The molecule has 0 atom stereocenters. The van der Waals surface area contributed by atoms with E-state index < -0.39 is 0 Å². The Morgan fingerprint density at radius 2 is 2.00 bits per heavy atom. The number of hydrogen-bond acceptors (Lipinski definition) is 2. The molecule has 21 heavy (non-hydrogen) atoms. The van der Waals surface area contributed by atoms with E-state index in [2.05, 4.69) is 12.2 Å². The number of carbonyl (C=O) groups is 1. The molecule has 0 heterocycles. The van der Waals surface area contributed by atoms with Crippen LogP contribution in [0.25, 0.3) is 0 Å². The van der Waals surface area contributed by atoms with Crippen LogP contribution in [0.4, 0.5) is 0 Å². The smallest absolute Gasteiger partial charge is 0.248 e. The Hall–Kier alpha value is -1.35. The Balaban J connectivity index is 1.82. The fraction of sp³-hybridized carbons (Fsp3) is 0.611. The molecule has 3 N–H and O–H groups in total. The molecule has 1 fully saturated rings. The fourth-order valence-electron chi connectivity index (χ4n) is 3.37. The van der Waals surface area contributed by atoms with Gasteiger partial charge in [0.1, 0.15) is 0 Å². The first-order valence-electron chi connectivity index (χ1n) is 8.22. The maximum absolute atomic E-state index is 11.2. The SMILES string of the molecule is CCCC1CCC(NCc2ccc(C(N)=O)cc2C)CC1. The molecule has 0 unspecified atom stereocenters. The Labute approximate surface area is 128 Å². The Morgan fingerprint density at radius 1 is 1.29 bits per heavy atom. The van der Waals surface area contributed by atoms with Gasteiger partial charge in [-0.2, -0.15) is 0 Å². The lowest BCUT2D eigenvalue weighted by Crippen LogP contribution is -2.33. The maximum atomic E-state index is 11.2. The van der Waals surface area contributed by atoms with E-state index in [1.54, 1.807) is 0 Å². The van der Waals surface area contributed by atoms with E-state index in [1.165, 1.54) is 44.1 Å². The summed E-state index contributed by atoms with van der Waals surface area (Å²) in [4.78, 5) is 11.2. The van der Waals surface area contributed by atoms with E-state index in [0.29, 0.717) is 11.6 Å². The molecule has 1 amide bonds. The van der Waals surface area contributed by atoms with Gasteiger partial charge >= 0.3 is 0 Å². The number of carbonyl (C=O) groups excluding carboxylic acids is 1. The van der Waals surface area contributed by atoms with Gasteiger partial charge in [0.2, 0.25) is 5.91 Å². The number of nitrogens with two attached hydrogens (primary N) is 1. The summed E-state index contributed by atoms with van der Waals surface area (Å²) >= 11 is 0. The second-order valence-electron chi connectivity index (χ2n) is 6.39. The monoisotopic (exact) mass is 288 g/mol. The first-order valence-corrected chi connectivity index (χ1v) is 8.22. The second kappa shape index (κ2) is 7.60. The van der Waals surface area contributed by atoms with Crippen LogP contribution in [-0.2, 0) is 6.54 Å². The lowest BCUT2D eigenvalue weighted by molar-refractivity contribution is 0.1000. The van der Waals surface area contributed by atoms with Crippen molar-refractivity contribution in [1.82, 2.24) is 5.32 Å². The number of amides is 1. The highest BCUT2D eigenvalue weighted by atomic mass is 16.1. The van der Waals surface area contributed by atoms with Gasteiger partial charge < -0.3 is 11.1 Å². The van der Waals surface area contributed by atoms with E-state index in [1.807, 2.05) is 25.1 Å². The topological polar surface area (TPSA) is 55.1 Å². The van der Waals surface area contributed by atoms with E-state index in [-0.39, 0.29) is 5.91 Å². The number of hydrogen-bond donors (Lipinski definition) is 2. The number of aryl methyl sites for hydroxylation is 1. The third-order valence-corrected chi connectivity index (χ3v) is 4.75. The van der Waals surface area contributed by atoms with Crippen molar-refractivity contribution in [1.29, 1.82) is 0 Å². The van der Waals surface area contributed by atoms with Gasteiger partial charge in [0.25, 0.3) is 0 Å². The van der Waals surface area contributed by atoms with Crippen LogP contribution < -0.4 is 11.1 Å². The van der Waals surface area contributed by atoms with Crippen molar-refractivity contribution >= 4 is 5.91 Å². The average molecular weight is 288 g/mol. The van der Waals surface area contributed by atoms with Crippen LogP contribution in [0.1, 0.15) is 66.9 Å². The number of nitrogens with one attached hydrogen (secondary N) is 1. The summed E-state index contributed by atoms with van der Waals surface area (Å²) in [5.74, 6) is 0.594. The van der Waals surface area contributed by atoms with E-state index >= 15 is 0 Å². The van der Waals surface area contributed by atoms with E-state index in [0.717, 1.165) is 18.0 Å². The minimum atomic E-state index is -0.355. The molecular weight excluding hydrogens is 260 g/mol. The number of primary amides is 1. The van der Waals surface area contributed by atoms with E-state index in [9.17, 15) is 4.79 Å². The summed E-state index contributed by atoms with van der Waals surface area (Å²) in [7, 11) is 0. The summed E-state index contributed by atoms with van der Waals surface area (Å²) in [6, 6.07) is 6.38. The zero-order valence-corrected chi connectivity index (χ0v) is 13.3. The molecule has 0 radical (unpaired) electrons. The first-order chi connectivity index (χ1) is 10.1. The minimum absolute atomic E-state index is 0.355. The third kappa shape index (κ3) is 4.57. The summed E-state index contributed by atoms with van der Waals surface area (Å²) in [6.45, 7) is 5.21. The first kappa shape index (κ1) is 16.0. The van der Waals surface area contributed by atoms with Crippen LogP contribution >= 0.6 is 0 Å². The number of rotatable bonds is 6. The molecule has 3 nitrogen and oxygen atoms in total. The standard InChI is InChI=1S/C18H28N2O/c1-3-4-14-5-9-17(10-6-14)20-12-16-8-7-15(18(19)21)11-13(16)2/h7-8,11,14,17,20H,3-6,9-10,12H2,1-2H3,(H2,19,21). The second-order valence-corrected chi connectivity index (χ2v) is 6.39. The van der Waals surface area contributed by atoms with Crippen LogP contribution in [0.2, 0.25) is 0 Å². The average Bonchev–Trinajstić information content (AvgIpc) is 2.47. The van der Waals surface area contributed by atoms with Crippen LogP contribution in [0.3, 0.4) is 0 Å². The van der Waals surface area contributed by atoms with Crippen molar-refractivity contribution in [3.8, 4) is 0 Å². The van der Waals surface area contributed by atoms with Gasteiger partial charge in [-0.05, 0) is 61.8 Å². The maximum Gasteiger partial charge on any atom is 0.248 e. The van der Waals surface area contributed by atoms with Gasteiger partial charge in [-0.15, -0.1) is 0 Å². The van der Waals surface area contributed by atoms with Crippen LogP contribution in [-0.4, -0.2) is 11.9 Å². The highest BCUT2D eigenvalue weighted by molar-refractivity contribution is 5.93. The molecule has 0 saturated heterocycles. The molecule has 1 aromatic rings. The highest BCUT2D eigenvalue weighted by Gasteiger charge is 2.20. The van der Waals surface area contributed by atoms with Crippen LogP contribution in [0.5, 0.6) is 0 Å². The van der Waals surface area contributed by atoms with Gasteiger partial charge in [0, 0.05) is 18.2 Å². The molecule has 0 aliphatic heterocycles. The summed E-state index contributed by atoms with van der Waals surface area (Å²) < 4.78 is 0. The van der Waals surface area contributed by atoms with Crippen LogP contribution in [0.15, 0.2) is 18.2 Å². The third-order valence-electron chi connectivity index (χ3n) is 4.75. The predicted molar refractivity (Wildman–Crippen MR) is 87.2 cm³/mol. The molecular formula is C18H28N2O. The number of benzene rings is 1. The minimum Gasteiger partial charge on any atom is -0.366 e. The zero-order chi connectivity index (χ0) is 15.2. The molecule has 0 aromatic heterocycles. The van der Waals surface area contributed by atoms with Gasteiger partial charge in [0.15, 0.2) is 0 Å². The van der Waals surface area contributed by atoms with E-state index in [4.69, 9.17) is 5.73 Å². The summed E-state index contributed by atoms with van der Waals surface area (Å²) in [5.41, 5.74) is 8.30. The molecule has 1 aliphatic carbocycles. The lowest BCUT2D eigenvalue weighted by Gasteiger charge is -2.29. The van der Waals surface area contributed by atoms with Crippen LogP contribution in [0, 0.1) is 12.8 Å². The molecule has 1 aliphatic rings. The van der Waals surface area contributed by atoms with Crippen molar-refractivity contribution in [3.05, 3.63) is 34.9 Å². The normalized spacial score (nSPS) is 22.2. The quantitative estimate of drug-likeness (QED) is 0.841. The van der Waals surface area contributed by atoms with Crippen molar-refractivity contribution < 1.29 is 4.79 Å². The fourth-order valence-corrected chi connectivity index (χ4v) is 3.37. The van der Waals surface area contributed by atoms with Crippen molar-refractivity contribution in [3.63, 3.8) is 0 Å². The molecule has 1 saturated carbocycles. The van der Waals surface area contributed by atoms with Gasteiger partial charge in [0.05, 0.1) is 0 Å². The summed E-state index contributed by atoms with van der Waals surface area (Å²) in [5, 5.41) is 3.67. The van der Waals surface area contributed by atoms with Crippen molar-refractivity contribution in [2.24, 2.45) is 11.7 Å². The molecule has 2 rings (SSSR count). The Kier molecular flexibility index (Phi) is 5.80. The predicted octanol–water partition coefficient (Wildman–Crippen LogP) is 3.54. The Morgan fingerprint density at radius 3 is 2.57 bits per heavy atom. The molecule has 0 bridgehead atoms. The Bertz CT molecular complexity index is 476. The lowest BCUT2D eigenvalue weighted by atomic mass is 9.83. The summed E-state index contributed by atoms with van der Waals surface area (Å²) in [6.07, 6.45) is 8.02. The van der Waals surface area contributed by atoms with Crippen molar-refractivity contribution in [2.75, 3.05) is 0 Å². The zero-order valence-electron chi connectivity index (χ0n) is 13.3. The van der Waals surface area contributed by atoms with Gasteiger partial charge in [-0.3, -0.25) is 4.79 Å². The molecule has 3 heteroatoms. The largest absolute Gasteiger partial charge is 0.366 e. The van der Waals surface area contributed by atoms with Crippen molar-refractivity contribution in [2.45, 2.75) is 65.0 Å². The highest BCUT2D eigenvalue weighted by Crippen LogP contribution is 2.28. The molecule has 0 spiro atoms. The molecule has 116 valence electrons. The molecule has 1 aromatic carbocycles.